The van der Waals surface area contributed by atoms with Crippen LogP contribution in [0.5, 0.6) is 0 Å². The van der Waals surface area contributed by atoms with Gasteiger partial charge in [-0.25, -0.2) is 0 Å². The topological polar surface area (TPSA) is 64.7 Å². The number of nitrogens with zero attached hydrogens (tertiary/aromatic N) is 2. The molecule has 0 aromatic heterocycles. The number of carbonyl (C=O) groups is 2. The van der Waals surface area contributed by atoms with Gasteiger partial charge in [-0.05, 0) is 17.5 Å². The molecule has 1 aliphatic rings. The Bertz CT molecular complexity index is 765. The van der Waals surface area contributed by atoms with Gasteiger partial charge in [0.15, 0.2) is 0 Å². The Morgan fingerprint density at radius 2 is 1.39 bits per heavy atom. The highest BCUT2D eigenvalue weighted by Crippen LogP contribution is 2.21. The summed E-state index contributed by atoms with van der Waals surface area (Å²) < 4.78 is 0. The van der Waals surface area contributed by atoms with Gasteiger partial charge >= 0.3 is 0 Å². The molecule has 166 valence electrons. The van der Waals surface area contributed by atoms with Gasteiger partial charge in [-0.2, -0.15) is 0 Å². The quantitative estimate of drug-likeness (QED) is 0.617. The number of benzene rings is 2. The molecule has 6 heteroatoms. The van der Waals surface area contributed by atoms with Gasteiger partial charge in [-0.15, -0.1) is 0 Å². The maximum Gasteiger partial charge on any atom is 0.234 e. The van der Waals surface area contributed by atoms with E-state index in [1.165, 1.54) is 0 Å². The van der Waals surface area contributed by atoms with Crippen LogP contribution >= 0.6 is 0 Å². The first kappa shape index (κ1) is 23.0. The van der Waals surface area contributed by atoms with Gasteiger partial charge in [-0.1, -0.05) is 67.6 Å². The molecular weight excluding hydrogens is 388 g/mol. The van der Waals surface area contributed by atoms with Crippen LogP contribution in [-0.4, -0.2) is 67.4 Å². The fraction of sp³-hybridized carbons (Fsp3) is 0.440. The fourth-order valence-electron chi connectivity index (χ4n) is 3.84. The summed E-state index contributed by atoms with van der Waals surface area (Å²) in [7, 11) is 0. The Hall–Kier alpha value is -2.70. The van der Waals surface area contributed by atoms with Crippen molar-refractivity contribution in [1.29, 1.82) is 0 Å². The highest BCUT2D eigenvalue weighted by atomic mass is 16.2. The minimum atomic E-state index is -0.145. The number of rotatable bonds is 10. The van der Waals surface area contributed by atoms with E-state index in [2.05, 4.69) is 27.4 Å². The SMILES string of the molecule is CCCNC(=O)CN1CCN(CCC(=O)NC(c2ccccc2)c2ccccc2)CC1. The number of piperazine rings is 1. The molecule has 2 amide bonds. The van der Waals surface area contributed by atoms with Crippen molar-refractivity contribution in [3.63, 3.8) is 0 Å². The van der Waals surface area contributed by atoms with E-state index < -0.39 is 0 Å². The van der Waals surface area contributed by atoms with Crippen molar-refractivity contribution in [3.05, 3.63) is 71.8 Å². The zero-order chi connectivity index (χ0) is 21.9. The molecule has 0 aliphatic carbocycles. The number of carbonyl (C=O) groups excluding carboxylic acids is 2. The Morgan fingerprint density at radius 1 is 0.839 bits per heavy atom. The monoisotopic (exact) mass is 422 g/mol. The highest BCUT2D eigenvalue weighted by molar-refractivity contribution is 5.78. The van der Waals surface area contributed by atoms with E-state index in [9.17, 15) is 9.59 Å². The summed E-state index contributed by atoms with van der Waals surface area (Å²) in [6.07, 6.45) is 1.42. The molecule has 0 spiro atoms. The number of nitrogens with one attached hydrogen (secondary N) is 2. The maximum absolute atomic E-state index is 12.8. The predicted octanol–water partition coefficient (Wildman–Crippen LogP) is 2.43. The molecule has 0 radical (unpaired) electrons. The molecule has 0 unspecified atom stereocenters. The van der Waals surface area contributed by atoms with Gasteiger partial charge in [-0.3, -0.25) is 14.5 Å². The lowest BCUT2D eigenvalue weighted by atomic mass is 9.98. The average molecular weight is 423 g/mol. The van der Waals surface area contributed by atoms with E-state index >= 15 is 0 Å². The van der Waals surface area contributed by atoms with Gasteiger partial charge in [0, 0.05) is 45.7 Å². The second-order valence-corrected chi connectivity index (χ2v) is 8.04. The third-order valence-corrected chi connectivity index (χ3v) is 5.63. The summed E-state index contributed by atoms with van der Waals surface area (Å²) in [5.41, 5.74) is 2.16. The Morgan fingerprint density at radius 3 is 1.94 bits per heavy atom. The van der Waals surface area contributed by atoms with Crippen LogP contribution in [0.3, 0.4) is 0 Å². The van der Waals surface area contributed by atoms with Gasteiger partial charge in [0.1, 0.15) is 0 Å². The second kappa shape index (κ2) is 12.2. The molecule has 31 heavy (non-hydrogen) atoms. The minimum absolute atomic E-state index is 0.0547. The molecular formula is C25H34N4O2. The van der Waals surface area contributed by atoms with Crippen molar-refractivity contribution in [2.24, 2.45) is 0 Å². The molecule has 2 N–H and O–H groups in total. The van der Waals surface area contributed by atoms with Gasteiger partial charge in [0.25, 0.3) is 0 Å². The fourth-order valence-corrected chi connectivity index (χ4v) is 3.84. The first-order valence-electron chi connectivity index (χ1n) is 11.3. The Labute approximate surface area is 185 Å². The molecule has 1 aliphatic heterocycles. The molecule has 1 saturated heterocycles. The minimum Gasteiger partial charge on any atom is -0.355 e. The summed E-state index contributed by atoms with van der Waals surface area (Å²) in [4.78, 5) is 29.1. The van der Waals surface area contributed by atoms with Crippen LogP contribution in [0.2, 0.25) is 0 Å². The van der Waals surface area contributed by atoms with Crippen LogP contribution in [0.4, 0.5) is 0 Å². The van der Waals surface area contributed by atoms with Crippen molar-refractivity contribution >= 4 is 11.8 Å². The van der Waals surface area contributed by atoms with Crippen LogP contribution in [0.25, 0.3) is 0 Å². The highest BCUT2D eigenvalue weighted by Gasteiger charge is 2.21. The van der Waals surface area contributed by atoms with Gasteiger partial charge in [0.2, 0.25) is 11.8 Å². The van der Waals surface area contributed by atoms with Crippen molar-refractivity contribution in [3.8, 4) is 0 Å². The molecule has 0 atom stereocenters. The molecule has 0 saturated carbocycles. The summed E-state index contributed by atoms with van der Waals surface area (Å²) in [5, 5.41) is 6.14. The molecule has 0 bridgehead atoms. The largest absolute Gasteiger partial charge is 0.355 e. The lowest BCUT2D eigenvalue weighted by Crippen LogP contribution is -2.50. The van der Waals surface area contributed by atoms with Crippen molar-refractivity contribution in [1.82, 2.24) is 20.4 Å². The first-order chi connectivity index (χ1) is 15.2. The van der Waals surface area contributed by atoms with Gasteiger partial charge in [0.05, 0.1) is 12.6 Å². The lowest BCUT2D eigenvalue weighted by molar-refractivity contribution is -0.122. The summed E-state index contributed by atoms with van der Waals surface area (Å²) in [5.74, 6) is 0.154. The number of amides is 2. The smallest absolute Gasteiger partial charge is 0.234 e. The summed E-state index contributed by atoms with van der Waals surface area (Å²) >= 11 is 0. The molecule has 6 nitrogen and oxygen atoms in total. The van der Waals surface area contributed by atoms with Crippen LogP contribution in [0, 0.1) is 0 Å². The summed E-state index contributed by atoms with van der Waals surface area (Å²) in [6.45, 7) is 7.47. The van der Waals surface area contributed by atoms with Crippen molar-refractivity contribution in [2.75, 3.05) is 45.8 Å². The third-order valence-electron chi connectivity index (χ3n) is 5.63. The zero-order valence-corrected chi connectivity index (χ0v) is 18.4. The van der Waals surface area contributed by atoms with E-state index in [0.717, 1.165) is 56.8 Å². The molecule has 1 fully saturated rings. The number of hydrogen-bond acceptors (Lipinski definition) is 4. The third kappa shape index (κ3) is 7.49. The van der Waals surface area contributed by atoms with Crippen LogP contribution in [0.15, 0.2) is 60.7 Å². The number of hydrogen-bond donors (Lipinski definition) is 2. The van der Waals surface area contributed by atoms with Crippen LogP contribution in [-0.2, 0) is 9.59 Å². The van der Waals surface area contributed by atoms with Crippen LogP contribution < -0.4 is 10.6 Å². The molecule has 2 aromatic carbocycles. The summed E-state index contributed by atoms with van der Waals surface area (Å²) in [6, 6.07) is 20.0. The lowest BCUT2D eigenvalue weighted by Gasteiger charge is -2.34. The Balaban J connectivity index is 1.45. The zero-order valence-electron chi connectivity index (χ0n) is 18.4. The van der Waals surface area contributed by atoms with E-state index in [4.69, 9.17) is 0 Å². The predicted molar refractivity (Wildman–Crippen MR) is 124 cm³/mol. The van der Waals surface area contributed by atoms with Gasteiger partial charge < -0.3 is 15.5 Å². The second-order valence-electron chi connectivity index (χ2n) is 8.04. The molecule has 3 rings (SSSR count). The van der Waals surface area contributed by atoms with E-state index in [0.29, 0.717) is 13.0 Å². The standard InChI is InChI=1S/C25H34N4O2/c1-2-14-26-24(31)20-29-18-16-28(17-19-29)15-13-23(30)27-25(21-9-5-3-6-10-21)22-11-7-4-8-12-22/h3-12,25H,2,13-20H2,1H3,(H,26,31)(H,27,30). The van der Waals surface area contributed by atoms with E-state index in [1.807, 2.05) is 60.7 Å². The van der Waals surface area contributed by atoms with E-state index in [1.54, 1.807) is 0 Å². The Kier molecular flexibility index (Phi) is 9.06. The van der Waals surface area contributed by atoms with E-state index in [-0.39, 0.29) is 17.9 Å². The van der Waals surface area contributed by atoms with Crippen molar-refractivity contribution in [2.45, 2.75) is 25.8 Å². The van der Waals surface area contributed by atoms with Crippen molar-refractivity contribution < 1.29 is 9.59 Å². The maximum atomic E-state index is 12.8. The molecule has 2 aromatic rings. The normalized spacial score (nSPS) is 15.0. The molecule has 1 heterocycles. The first-order valence-corrected chi connectivity index (χ1v) is 11.3. The average Bonchev–Trinajstić information content (AvgIpc) is 2.82. The van der Waals surface area contributed by atoms with Crippen LogP contribution in [0.1, 0.15) is 36.9 Å².